The van der Waals surface area contributed by atoms with E-state index < -0.39 is 12.1 Å². The molecule has 0 rings (SSSR count). The van der Waals surface area contributed by atoms with E-state index in [0.717, 1.165) is 12.5 Å². The Balaban J connectivity index is -0.000000209. The molecule has 0 bridgehead atoms. The Morgan fingerprint density at radius 2 is 1.64 bits per heavy atom. The second kappa shape index (κ2) is 12.6. The summed E-state index contributed by atoms with van der Waals surface area (Å²) in [6.07, 6.45) is 0.583. The molecule has 0 saturated carbocycles. The van der Waals surface area contributed by atoms with E-state index in [9.17, 15) is 4.79 Å². The average molecular weight is 279 g/mol. The van der Waals surface area contributed by atoms with Crippen molar-refractivity contribution in [3.05, 3.63) is 11.6 Å². The van der Waals surface area contributed by atoms with Gasteiger partial charge in [0.25, 0.3) is 5.97 Å². The third-order valence-electron chi connectivity index (χ3n) is 0.916. The van der Waals surface area contributed by atoms with Crippen LogP contribution in [0.15, 0.2) is 11.6 Å². The van der Waals surface area contributed by atoms with Gasteiger partial charge >= 0.3 is 6.16 Å². The summed E-state index contributed by atoms with van der Waals surface area (Å²) in [4.78, 5) is 18.8. The molecular weight excluding hydrogens is 265 g/mol. The van der Waals surface area contributed by atoms with Crippen LogP contribution in [0.5, 0.6) is 0 Å². The average Bonchev–Trinajstić information content (AvgIpc) is 1.99. The summed E-state index contributed by atoms with van der Waals surface area (Å²) in [5.41, 5.74) is 0.914. The summed E-state index contributed by atoms with van der Waals surface area (Å²) in [7, 11) is 0. The Labute approximate surface area is 108 Å². The van der Waals surface area contributed by atoms with E-state index in [1.165, 1.54) is 0 Å². The molecule has 0 aromatic carbocycles. The predicted molar refractivity (Wildman–Crippen MR) is 46.7 cm³/mol. The van der Waals surface area contributed by atoms with Gasteiger partial charge in [-0.05, 0) is 19.4 Å². The van der Waals surface area contributed by atoms with Crippen molar-refractivity contribution in [3.63, 3.8) is 0 Å². The van der Waals surface area contributed by atoms with Crippen LogP contribution in [0.1, 0.15) is 20.8 Å². The SMILES string of the molecule is CC(=O)O.CC=C(C)COC(=O)O.[Y]. The summed E-state index contributed by atoms with van der Waals surface area (Å²) in [6, 6.07) is 0. The molecule has 2 N–H and O–H groups in total. The number of carboxylic acid groups (broad SMARTS) is 2. The van der Waals surface area contributed by atoms with Gasteiger partial charge in [-0.1, -0.05) is 6.08 Å². The number of ether oxygens (including phenoxy) is 1. The molecule has 0 aliphatic rings. The molecule has 1 radical (unpaired) electrons. The Hall–Kier alpha value is -0.416. The van der Waals surface area contributed by atoms with Crippen LogP contribution in [-0.2, 0) is 42.2 Å². The second-order valence-electron chi connectivity index (χ2n) is 2.21. The Morgan fingerprint density at radius 3 is 1.86 bits per heavy atom. The summed E-state index contributed by atoms with van der Waals surface area (Å²) in [5.74, 6) is -0.833. The zero-order valence-corrected chi connectivity index (χ0v) is 11.3. The van der Waals surface area contributed by atoms with E-state index in [4.69, 9.17) is 15.0 Å². The van der Waals surface area contributed by atoms with Crippen molar-refractivity contribution in [3.8, 4) is 0 Å². The predicted octanol–water partition coefficient (Wildman–Crippen LogP) is 1.74. The van der Waals surface area contributed by atoms with E-state index in [1.54, 1.807) is 0 Å². The van der Waals surface area contributed by atoms with Crippen LogP contribution in [0.4, 0.5) is 4.79 Å². The maximum atomic E-state index is 9.77. The molecule has 14 heavy (non-hydrogen) atoms. The summed E-state index contributed by atoms with van der Waals surface area (Å²) in [5, 5.41) is 15.4. The standard InChI is InChI=1S/C6H10O3.C2H4O2.Y/c1-3-5(2)4-9-6(7)8;1-2(3)4;/h3H,4H2,1-2H3,(H,7,8);1H3,(H,3,4);. The van der Waals surface area contributed by atoms with Crippen LogP contribution in [0.25, 0.3) is 0 Å². The molecule has 0 saturated heterocycles. The van der Waals surface area contributed by atoms with Crippen LogP contribution >= 0.6 is 0 Å². The van der Waals surface area contributed by atoms with Gasteiger partial charge < -0.3 is 14.9 Å². The third kappa shape index (κ3) is 29.9. The smallest absolute Gasteiger partial charge is 0.481 e. The van der Waals surface area contributed by atoms with Gasteiger partial charge in [-0.3, -0.25) is 4.79 Å². The van der Waals surface area contributed by atoms with Gasteiger partial charge in [-0.15, -0.1) is 0 Å². The minimum absolute atomic E-state index is 0. The van der Waals surface area contributed by atoms with E-state index in [1.807, 2.05) is 19.9 Å². The van der Waals surface area contributed by atoms with Crippen LogP contribution < -0.4 is 0 Å². The van der Waals surface area contributed by atoms with Gasteiger partial charge in [0.15, 0.2) is 0 Å². The molecule has 5 nitrogen and oxygen atoms in total. The molecule has 0 aromatic rings. The van der Waals surface area contributed by atoms with Crippen molar-refractivity contribution in [1.82, 2.24) is 0 Å². The van der Waals surface area contributed by atoms with E-state index in [-0.39, 0.29) is 39.3 Å². The molecule has 6 heteroatoms. The number of rotatable bonds is 2. The van der Waals surface area contributed by atoms with Crippen LogP contribution in [-0.4, -0.2) is 28.9 Å². The Morgan fingerprint density at radius 1 is 1.29 bits per heavy atom. The fraction of sp³-hybridized carbons (Fsp3) is 0.500. The van der Waals surface area contributed by atoms with E-state index in [2.05, 4.69) is 4.74 Å². The molecule has 0 aliphatic heterocycles. The van der Waals surface area contributed by atoms with Gasteiger partial charge in [0.2, 0.25) is 0 Å². The van der Waals surface area contributed by atoms with Crippen LogP contribution in [0, 0.1) is 0 Å². The van der Waals surface area contributed by atoms with Crippen molar-refractivity contribution in [2.45, 2.75) is 20.8 Å². The van der Waals surface area contributed by atoms with Crippen molar-refractivity contribution in [2.75, 3.05) is 6.61 Å². The first-order valence-corrected chi connectivity index (χ1v) is 3.57. The van der Waals surface area contributed by atoms with Gasteiger partial charge in [0.1, 0.15) is 6.61 Å². The topological polar surface area (TPSA) is 83.8 Å². The van der Waals surface area contributed by atoms with Crippen LogP contribution in [0.2, 0.25) is 0 Å². The maximum absolute atomic E-state index is 9.77. The Bertz CT molecular complexity index is 196. The van der Waals surface area contributed by atoms with E-state index in [0.29, 0.717) is 0 Å². The number of allylic oxidation sites excluding steroid dienone is 1. The zero-order chi connectivity index (χ0) is 10.9. The minimum Gasteiger partial charge on any atom is -0.481 e. The largest absolute Gasteiger partial charge is 0.506 e. The molecule has 0 spiro atoms. The first-order chi connectivity index (χ1) is 5.90. The summed E-state index contributed by atoms with van der Waals surface area (Å²) in [6.45, 7) is 4.90. The fourth-order valence-electron chi connectivity index (χ4n) is 0.259. The molecule has 79 valence electrons. The molecule has 0 atom stereocenters. The number of carboxylic acids is 1. The van der Waals surface area contributed by atoms with Crippen LogP contribution in [0.3, 0.4) is 0 Å². The number of hydrogen-bond acceptors (Lipinski definition) is 3. The second-order valence-corrected chi connectivity index (χ2v) is 2.21. The van der Waals surface area contributed by atoms with Crippen molar-refractivity contribution >= 4 is 12.1 Å². The van der Waals surface area contributed by atoms with Gasteiger partial charge in [-0.25, -0.2) is 4.79 Å². The quantitative estimate of drug-likeness (QED) is 0.594. The maximum Gasteiger partial charge on any atom is 0.506 e. The molecule has 0 fully saturated rings. The zero-order valence-electron chi connectivity index (χ0n) is 8.48. The molecule has 0 amide bonds. The molecule has 0 unspecified atom stereocenters. The fourth-order valence-corrected chi connectivity index (χ4v) is 0.259. The number of carbonyl (C=O) groups is 2. The summed E-state index contributed by atoms with van der Waals surface area (Å²) >= 11 is 0. The molecule has 0 heterocycles. The van der Waals surface area contributed by atoms with E-state index >= 15 is 0 Å². The first kappa shape index (κ1) is 19.2. The third-order valence-corrected chi connectivity index (χ3v) is 0.916. The summed E-state index contributed by atoms with van der Waals surface area (Å²) < 4.78 is 4.24. The Kier molecular flexibility index (Phi) is 17.3. The van der Waals surface area contributed by atoms with Gasteiger partial charge in [-0.2, -0.15) is 0 Å². The van der Waals surface area contributed by atoms with Crippen molar-refractivity contribution in [1.29, 1.82) is 0 Å². The molecular formula is C8H14O5Y. The molecule has 0 aromatic heterocycles. The van der Waals surface area contributed by atoms with Crippen molar-refractivity contribution < 1.29 is 57.2 Å². The molecule has 0 aliphatic carbocycles. The van der Waals surface area contributed by atoms with Gasteiger partial charge in [0, 0.05) is 39.6 Å². The monoisotopic (exact) mass is 279 g/mol. The first-order valence-electron chi connectivity index (χ1n) is 3.57. The number of hydrogen-bond donors (Lipinski definition) is 2. The van der Waals surface area contributed by atoms with Crippen molar-refractivity contribution in [2.24, 2.45) is 0 Å². The minimum atomic E-state index is -1.23. The normalized spacial score (nSPS) is 8.93. The van der Waals surface area contributed by atoms with Gasteiger partial charge in [0.05, 0.1) is 0 Å². The number of aliphatic carboxylic acids is 1.